The van der Waals surface area contributed by atoms with E-state index < -0.39 is 11.3 Å². The van der Waals surface area contributed by atoms with E-state index in [1.165, 1.54) is 19.2 Å². The van der Waals surface area contributed by atoms with E-state index in [1.807, 2.05) is 44.7 Å². The highest BCUT2D eigenvalue weighted by Crippen LogP contribution is 2.48. The lowest BCUT2D eigenvalue weighted by Crippen LogP contribution is -2.50. The summed E-state index contributed by atoms with van der Waals surface area (Å²) in [7, 11) is 1.54. The van der Waals surface area contributed by atoms with E-state index in [9.17, 15) is 18.8 Å². The highest BCUT2D eigenvalue weighted by atomic mass is 19.1. The Morgan fingerprint density at radius 1 is 1.00 bits per heavy atom. The van der Waals surface area contributed by atoms with Crippen molar-refractivity contribution < 1.29 is 23.5 Å². The van der Waals surface area contributed by atoms with Crippen LogP contribution >= 0.6 is 0 Å². The quantitative estimate of drug-likeness (QED) is 0.547. The van der Waals surface area contributed by atoms with Crippen LogP contribution < -0.4 is 4.74 Å². The van der Waals surface area contributed by atoms with Crippen molar-refractivity contribution in [3.8, 4) is 16.9 Å². The van der Waals surface area contributed by atoms with Gasteiger partial charge in [-0.25, -0.2) is 4.39 Å². The van der Waals surface area contributed by atoms with E-state index >= 15 is 0 Å². The highest BCUT2D eigenvalue weighted by molar-refractivity contribution is 6.11. The molecule has 1 saturated carbocycles. The Bertz CT molecular complexity index is 1130. The summed E-state index contributed by atoms with van der Waals surface area (Å²) in [4.78, 5) is 41.5. The van der Waals surface area contributed by atoms with Crippen molar-refractivity contribution in [3.63, 3.8) is 0 Å². The molecular weight excluding hydrogens is 445 g/mol. The Balaban J connectivity index is 1.57. The summed E-state index contributed by atoms with van der Waals surface area (Å²) in [6.45, 7) is 8.78. The van der Waals surface area contributed by atoms with Gasteiger partial charge in [-0.2, -0.15) is 0 Å². The number of rotatable bonds is 3. The van der Waals surface area contributed by atoms with Gasteiger partial charge in [0.15, 0.2) is 0 Å². The molecule has 1 saturated heterocycles. The number of hydrogen-bond acceptors (Lipinski definition) is 4. The first kappa shape index (κ1) is 25.1. The van der Waals surface area contributed by atoms with Gasteiger partial charge in [-0.05, 0) is 60.1 Å². The van der Waals surface area contributed by atoms with Gasteiger partial charge in [0.25, 0.3) is 0 Å². The lowest BCUT2D eigenvalue weighted by atomic mass is 9.63. The van der Waals surface area contributed by atoms with Crippen LogP contribution in [-0.4, -0.2) is 42.6 Å². The van der Waals surface area contributed by atoms with Gasteiger partial charge >= 0.3 is 0 Å². The standard InChI is InChI=1S/C29H34FNO4/c1-18-14-20(19-6-8-21(30)9-7-19)15-24(35-5)25(18)26-22(32)16-29(17-23(26)33)10-12-31(13-11-29)27(34)28(2,3)4/h6-9,14-15,26H,10-13,16-17H2,1-5H3. The molecule has 186 valence electrons. The molecule has 0 atom stereocenters. The first-order valence-corrected chi connectivity index (χ1v) is 12.2. The molecule has 0 radical (unpaired) electrons. The van der Waals surface area contributed by atoms with E-state index in [0.717, 1.165) is 16.7 Å². The number of carbonyl (C=O) groups excluding carboxylic acids is 3. The van der Waals surface area contributed by atoms with Gasteiger partial charge in [-0.15, -0.1) is 0 Å². The molecule has 4 rings (SSSR count). The lowest BCUT2D eigenvalue weighted by Gasteiger charge is -2.45. The topological polar surface area (TPSA) is 63.7 Å². The Labute approximate surface area is 206 Å². The number of carbonyl (C=O) groups is 3. The average Bonchev–Trinajstić information content (AvgIpc) is 2.79. The molecular formula is C29H34FNO4. The maximum Gasteiger partial charge on any atom is 0.227 e. The Morgan fingerprint density at radius 2 is 1.57 bits per heavy atom. The second-order valence-corrected chi connectivity index (χ2v) is 11.2. The summed E-state index contributed by atoms with van der Waals surface area (Å²) in [6, 6.07) is 9.93. The fourth-order valence-corrected chi connectivity index (χ4v) is 5.63. The third kappa shape index (κ3) is 4.89. The largest absolute Gasteiger partial charge is 0.496 e. The first-order valence-electron chi connectivity index (χ1n) is 12.2. The van der Waals surface area contributed by atoms with Gasteiger partial charge in [-0.1, -0.05) is 39.0 Å². The summed E-state index contributed by atoms with van der Waals surface area (Å²) in [5, 5.41) is 0. The zero-order chi connectivity index (χ0) is 25.5. The zero-order valence-electron chi connectivity index (χ0n) is 21.2. The number of halogens is 1. The SMILES string of the molecule is COc1cc(-c2ccc(F)cc2)cc(C)c1C1C(=O)CC2(CCN(C(=O)C(C)(C)C)CC2)CC1=O. The smallest absolute Gasteiger partial charge is 0.227 e. The van der Waals surface area contributed by atoms with Crippen LogP contribution in [0, 0.1) is 23.6 Å². The summed E-state index contributed by atoms with van der Waals surface area (Å²) in [6.07, 6.45) is 2.00. The number of piperidine rings is 1. The van der Waals surface area contributed by atoms with Gasteiger partial charge in [0, 0.05) is 36.9 Å². The second kappa shape index (κ2) is 9.21. The third-order valence-corrected chi connectivity index (χ3v) is 7.53. The van der Waals surface area contributed by atoms with Crippen molar-refractivity contribution in [1.29, 1.82) is 0 Å². The van der Waals surface area contributed by atoms with Crippen molar-refractivity contribution in [2.45, 2.75) is 59.3 Å². The Hall–Kier alpha value is -3.02. The molecule has 1 spiro atoms. The van der Waals surface area contributed by atoms with Gasteiger partial charge < -0.3 is 9.64 Å². The third-order valence-electron chi connectivity index (χ3n) is 7.53. The summed E-state index contributed by atoms with van der Waals surface area (Å²) in [5.41, 5.74) is 2.29. The molecule has 1 amide bonds. The number of methoxy groups -OCH3 is 1. The van der Waals surface area contributed by atoms with Crippen LogP contribution in [0.5, 0.6) is 5.75 Å². The average molecular weight is 480 g/mol. The molecule has 0 aromatic heterocycles. The molecule has 1 heterocycles. The normalized spacial score (nSPS) is 18.7. The van der Waals surface area contributed by atoms with Crippen molar-refractivity contribution in [2.24, 2.45) is 10.8 Å². The minimum Gasteiger partial charge on any atom is -0.496 e. The fourth-order valence-electron chi connectivity index (χ4n) is 5.63. The van der Waals surface area contributed by atoms with Crippen LogP contribution in [0.25, 0.3) is 11.1 Å². The van der Waals surface area contributed by atoms with E-state index in [1.54, 1.807) is 12.1 Å². The monoisotopic (exact) mass is 479 g/mol. The van der Waals surface area contributed by atoms with Gasteiger partial charge in [-0.3, -0.25) is 14.4 Å². The Kier molecular flexibility index (Phi) is 6.60. The summed E-state index contributed by atoms with van der Waals surface area (Å²) in [5.74, 6) is -0.694. The van der Waals surface area contributed by atoms with Crippen LogP contribution in [-0.2, 0) is 14.4 Å². The number of ether oxygens (including phenoxy) is 1. The molecule has 1 aliphatic heterocycles. The van der Waals surface area contributed by atoms with Crippen LogP contribution in [0.15, 0.2) is 36.4 Å². The van der Waals surface area contributed by atoms with Crippen molar-refractivity contribution >= 4 is 17.5 Å². The maximum atomic E-state index is 13.5. The van der Waals surface area contributed by atoms with Crippen molar-refractivity contribution in [2.75, 3.05) is 20.2 Å². The minimum atomic E-state index is -0.841. The molecule has 0 N–H and O–H groups in total. The molecule has 0 bridgehead atoms. The number of hydrogen-bond donors (Lipinski definition) is 0. The molecule has 2 aromatic rings. The molecule has 5 nitrogen and oxygen atoms in total. The Morgan fingerprint density at radius 3 is 2.09 bits per heavy atom. The van der Waals surface area contributed by atoms with Crippen molar-refractivity contribution in [1.82, 2.24) is 4.90 Å². The van der Waals surface area contributed by atoms with Gasteiger partial charge in [0.05, 0.1) is 7.11 Å². The number of nitrogens with zero attached hydrogens (tertiary/aromatic N) is 1. The number of amides is 1. The minimum absolute atomic E-state index is 0.0761. The zero-order valence-corrected chi connectivity index (χ0v) is 21.2. The highest BCUT2D eigenvalue weighted by Gasteiger charge is 2.48. The molecule has 6 heteroatoms. The molecule has 2 aliphatic rings. The first-order chi connectivity index (χ1) is 16.4. The lowest BCUT2D eigenvalue weighted by molar-refractivity contribution is -0.144. The summed E-state index contributed by atoms with van der Waals surface area (Å²) >= 11 is 0. The van der Waals surface area contributed by atoms with Crippen LogP contribution in [0.3, 0.4) is 0 Å². The van der Waals surface area contributed by atoms with Crippen LogP contribution in [0.1, 0.15) is 63.5 Å². The van der Waals surface area contributed by atoms with Crippen LogP contribution in [0.2, 0.25) is 0 Å². The maximum absolute atomic E-state index is 13.5. The number of ketones is 2. The fraction of sp³-hybridized carbons (Fsp3) is 0.483. The molecule has 0 unspecified atom stereocenters. The molecule has 1 aliphatic carbocycles. The second-order valence-electron chi connectivity index (χ2n) is 11.2. The molecule has 35 heavy (non-hydrogen) atoms. The predicted molar refractivity (Wildman–Crippen MR) is 133 cm³/mol. The van der Waals surface area contributed by atoms with Crippen molar-refractivity contribution in [3.05, 3.63) is 53.3 Å². The summed E-state index contributed by atoms with van der Waals surface area (Å²) < 4.78 is 19.0. The van der Waals surface area contributed by atoms with E-state index in [0.29, 0.717) is 50.1 Å². The van der Waals surface area contributed by atoms with E-state index in [2.05, 4.69) is 0 Å². The molecule has 2 aromatic carbocycles. The number of aryl methyl sites for hydroxylation is 1. The van der Waals surface area contributed by atoms with Gasteiger partial charge in [0.2, 0.25) is 5.91 Å². The van der Waals surface area contributed by atoms with E-state index in [4.69, 9.17) is 4.74 Å². The van der Waals surface area contributed by atoms with E-state index in [-0.39, 0.29) is 28.7 Å². The number of benzene rings is 2. The predicted octanol–water partition coefficient (Wildman–Crippen LogP) is 5.48. The van der Waals surface area contributed by atoms with Gasteiger partial charge in [0.1, 0.15) is 29.1 Å². The van der Waals surface area contributed by atoms with Crippen LogP contribution in [0.4, 0.5) is 4.39 Å². The molecule has 2 fully saturated rings. The number of Topliss-reactive ketones (excluding diaryl/α,β-unsaturated/α-hetero) is 2. The number of likely N-dealkylation sites (tertiary alicyclic amines) is 1.